The van der Waals surface area contributed by atoms with E-state index in [0.717, 1.165) is 27.7 Å². The Balaban J connectivity index is -0.0000000257. The van der Waals surface area contributed by atoms with Crippen LogP contribution >= 0.6 is 0 Å². The molecule has 0 bridgehead atoms. The van der Waals surface area contributed by atoms with Crippen molar-refractivity contribution in [3.8, 4) is 0 Å². The minimum absolute atomic E-state index is 0. The summed E-state index contributed by atoms with van der Waals surface area (Å²) in [4.78, 5) is 35.6. The van der Waals surface area contributed by atoms with Gasteiger partial charge in [-0.15, -0.1) is 0 Å². The monoisotopic (exact) mass is 352 g/mol. The zero-order valence-electron chi connectivity index (χ0n) is 9.90. The fraction of sp³-hybridized carbons (Fsp3) is 0.500. The van der Waals surface area contributed by atoms with Crippen LogP contribution in [0, 0.1) is 0 Å². The van der Waals surface area contributed by atoms with Gasteiger partial charge in [0.25, 0.3) is 0 Å². The number of carbonyl (C=O) groups excluding carboxylic acids is 4. The van der Waals surface area contributed by atoms with Gasteiger partial charge in [0.2, 0.25) is 0 Å². The molecular weight excluding hydrogens is 341 g/mol. The Kier molecular flexibility index (Phi) is 59.3. The first-order valence-electron chi connectivity index (χ1n) is 3.63. The van der Waals surface area contributed by atoms with E-state index in [0.29, 0.717) is 0 Å². The summed E-state index contributed by atoms with van der Waals surface area (Å²) in [6, 6.07) is 0. The zero-order valence-corrected chi connectivity index (χ0v) is 11.9. The predicted octanol–water partition coefficient (Wildman–Crippen LogP) is -4.98. The average molecular weight is 354 g/mol. The van der Waals surface area contributed by atoms with Crippen LogP contribution in [0.3, 0.4) is 0 Å². The normalized spacial score (nSPS) is 5.56. The summed E-state index contributed by atoms with van der Waals surface area (Å²) in [5.41, 5.74) is 0. The topological polar surface area (TPSA) is 161 Å². The molecular formula is C8H12Ni2O8. The number of hydrogen-bond donors (Lipinski definition) is 0. The molecule has 0 aromatic carbocycles. The third kappa shape index (κ3) is 2230. The van der Waals surface area contributed by atoms with Crippen molar-refractivity contribution >= 4 is 23.9 Å². The van der Waals surface area contributed by atoms with Gasteiger partial charge in [0.15, 0.2) is 0 Å². The van der Waals surface area contributed by atoms with Gasteiger partial charge in [-0.25, -0.2) is 0 Å². The predicted molar refractivity (Wildman–Crippen MR) is 42.7 cm³/mol. The summed E-state index contributed by atoms with van der Waals surface area (Å²) in [6.07, 6.45) is 0. The number of carboxylic acids is 4. The third-order valence-electron chi connectivity index (χ3n) is 0. The maximum absolute atomic E-state index is 8.89. The quantitative estimate of drug-likeness (QED) is 0.391. The summed E-state index contributed by atoms with van der Waals surface area (Å²) in [5, 5.41) is 35.6. The third-order valence-corrected chi connectivity index (χ3v) is 0. The van der Waals surface area contributed by atoms with Crippen LogP contribution in [0.15, 0.2) is 0 Å². The largest absolute Gasteiger partial charge is 2.00 e. The van der Waals surface area contributed by atoms with Crippen LogP contribution in [0.4, 0.5) is 0 Å². The second-order valence-electron chi connectivity index (χ2n) is 1.97. The van der Waals surface area contributed by atoms with Gasteiger partial charge in [-0.3, -0.25) is 0 Å². The Bertz CT molecular complexity index is 165. The van der Waals surface area contributed by atoms with Crippen LogP contribution in [0.2, 0.25) is 0 Å². The molecule has 18 heavy (non-hydrogen) atoms. The van der Waals surface area contributed by atoms with E-state index in [1.807, 2.05) is 0 Å². The molecule has 0 fully saturated rings. The fourth-order valence-corrected chi connectivity index (χ4v) is 0. The molecule has 0 aromatic heterocycles. The summed E-state index contributed by atoms with van der Waals surface area (Å²) in [5.74, 6) is -4.33. The maximum atomic E-state index is 8.89. The first-order valence-corrected chi connectivity index (χ1v) is 3.63. The Hall–Kier alpha value is -1.13. The molecule has 10 heteroatoms. The van der Waals surface area contributed by atoms with Gasteiger partial charge in [-0.05, 0) is 27.7 Å². The van der Waals surface area contributed by atoms with Gasteiger partial charge < -0.3 is 39.6 Å². The molecule has 0 saturated heterocycles. The molecule has 0 unspecified atom stereocenters. The van der Waals surface area contributed by atoms with Crippen molar-refractivity contribution < 1.29 is 72.6 Å². The second-order valence-corrected chi connectivity index (χ2v) is 1.97. The van der Waals surface area contributed by atoms with Crippen molar-refractivity contribution in [2.45, 2.75) is 27.7 Å². The summed E-state index contributed by atoms with van der Waals surface area (Å²) in [7, 11) is 0. The number of hydrogen-bond acceptors (Lipinski definition) is 8. The van der Waals surface area contributed by atoms with Crippen LogP contribution in [-0.2, 0) is 52.2 Å². The van der Waals surface area contributed by atoms with Crippen molar-refractivity contribution in [1.29, 1.82) is 0 Å². The Labute approximate surface area is 124 Å². The number of carboxylic acid groups (broad SMARTS) is 4. The molecule has 112 valence electrons. The van der Waals surface area contributed by atoms with Crippen LogP contribution in [0.1, 0.15) is 27.7 Å². The average Bonchev–Trinajstić information content (AvgIpc) is 1.76. The van der Waals surface area contributed by atoms with E-state index in [2.05, 4.69) is 0 Å². The van der Waals surface area contributed by atoms with E-state index in [9.17, 15) is 0 Å². The van der Waals surface area contributed by atoms with Crippen molar-refractivity contribution in [2.24, 2.45) is 0 Å². The maximum Gasteiger partial charge on any atom is 2.00 e. The van der Waals surface area contributed by atoms with Gasteiger partial charge >= 0.3 is 33.0 Å². The second kappa shape index (κ2) is 29.7. The van der Waals surface area contributed by atoms with Crippen molar-refractivity contribution in [3.63, 3.8) is 0 Å². The molecule has 8 nitrogen and oxygen atoms in total. The van der Waals surface area contributed by atoms with Crippen LogP contribution in [0.25, 0.3) is 0 Å². The fourth-order valence-electron chi connectivity index (χ4n) is 0. The molecule has 0 aliphatic rings. The van der Waals surface area contributed by atoms with E-state index in [-0.39, 0.29) is 33.0 Å². The number of aliphatic carboxylic acids is 4. The Morgan fingerprint density at radius 1 is 0.500 bits per heavy atom. The van der Waals surface area contributed by atoms with E-state index in [4.69, 9.17) is 39.6 Å². The molecule has 0 rings (SSSR count). The van der Waals surface area contributed by atoms with Crippen molar-refractivity contribution in [3.05, 3.63) is 0 Å². The Morgan fingerprint density at radius 2 is 0.500 bits per heavy atom. The molecule has 0 N–H and O–H groups in total. The van der Waals surface area contributed by atoms with Crippen LogP contribution in [-0.4, -0.2) is 23.9 Å². The molecule has 0 aliphatic carbocycles. The molecule has 0 heterocycles. The molecule has 0 saturated carbocycles. The minimum atomic E-state index is -1.08. The first-order chi connectivity index (χ1) is 6.93. The van der Waals surface area contributed by atoms with Gasteiger partial charge in [0.05, 0.1) is 0 Å². The van der Waals surface area contributed by atoms with Crippen molar-refractivity contribution in [2.75, 3.05) is 0 Å². The van der Waals surface area contributed by atoms with Gasteiger partial charge in [0.1, 0.15) is 0 Å². The van der Waals surface area contributed by atoms with Crippen molar-refractivity contribution in [1.82, 2.24) is 0 Å². The summed E-state index contributed by atoms with van der Waals surface area (Å²) < 4.78 is 0. The van der Waals surface area contributed by atoms with Gasteiger partial charge in [-0.1, -0.05) is 0 Å². The molecule has 0 amide bonds. The van der Waals surface area contributed by atoms with E-state index >= 15 is 0 Å². The van der Waals surface area contributed by atoms with E-state index in [1.165, 1.54) is 0 Å². The summed E-state index contributed by atoms with van der Waals surface area (Å²) >= 11 is 0. The minimum Gasteiger partial charge on any atom is -0.550 e. The number of carbonyl (C=O) groups is 4. The first kappa shape index (κ1) is 36.0. The number of rotatable bonds is 0. The molecule has 0 spiro atoms. The standard InChI is InChI=1S/4C2H4O2.2Ni/c4*1-2(3)4;;/h4*1H3,(H,3,4);;/q;;;;2*+2/p-4. The van der Waals surface area contributed by atoms with Gasteiger partial charge in [0, 0.05) is 23.9 Å². The molecule has 0 aromatic rings. The molecule has 0 aliphatic heterocycles. The summed E-state index contributed by atoms with van der Waals surface area (Å²) in [6.45, 7) is 3.89. The van der Waals surface area contributed by atoms with E-state index < -0.39 is 23.9 Å². The van der Waals surface area contributed by atoms with Crippen LogP contribution < -0.4 is 20.4 Å². The molecule has 0 radical (unpaired) electrons. The SMILES string of the molecule is CC(=O)[O-].CC(=O)[O-].CC(=O)[O-].CC(=O)[O-].[Ni+2].[Ni+2]. The zero-order chi connectivity index (χ0) is 14.3. The smallest absolute Gasteiger partial charge is 0.550 e. The Morgan fingerprint density at radius 3 is 0.500 bits per heavy atom. The van der Waals surface area contributed by atoms with Gasteiger partial charge in [-0.2, -0.15) is 0 Å². The van der Waals surface area contributed by atoms with Crippen LogP contribution in [0.5, 0.6) is 0 Å². The van der Waals surface area contributed by atoms with E-state index in [1.54, 1.807) is 0 Å². The molecule has 0 atom stereocenters.